The van der Waals surface area contributed by atoms with E-state index in [4.69, 9.17) is 9.47 Å². The van der Waals surface area contributed by atoms with Crippen LogP contribution in [0.2, 0.25) is 0 Å². The maximum atomic E-state index is 12.9. The van der Waals surface area contributed by atoms with Crippen molar-refractivity contribution < 1.29 is 19.1 Å². The molecule has 1 amide bonds. The molecule has 0 aliphatic heterocycles. The summed E-state index contributed by atoms with van der Waals surface area (Å²) < 4.78 is 12.9. The highest BCUT2D eigenvalue weighted by molar-refractivity contribution is 7.99. The number of thioether (sulfide) groups is 1. The molecule has 0 spiro atoms. The molecule has 0 saturated carbocycles. The van der Waals surface area contributed by atoms with Gasteiger partial charge in [-0.1, -0.05) is 36.9 Å². The predicted molar refractivity (Wildman–Crippen MR) is 147 cm³/mol. The number of methoxy groups -OCH3 is 1. The number of aromatic nitrogens is 3. The van der Waals surface area contributed by atoms with Gasteiger partial charge in [0.25, 0.3) is 0 Å². The molecule has 1 aliphatic rings. The highest BCUT2D eigenvalue weighted by atomic mass is 32.2. The SMILES string of the molecule is C=CCn1c(COc2cccc(C)c2C)nnc1SCC(=O)Nc1sc2c(c1C(=O)OC)CCC(C)C2. The van der Waals surface area contributed by atoms with Crippen LogP contribution in [0.5, 0.6) is 5.75 Å². The molecule has 2 heterocycles. The van der Waals surface area contributed by atoms with Crippen LogP contribution in [0.25, 0.3) is 0 Å². The summed E-state index contributed by atoms with van der Waals surface area (Å²) in [6.45, 7) is 10.8. The van der Waals surface area contributed by atoms with Crippen LogP contribution >= 0.6 is 23.1 Å². The standard InChI is InChI=1S/C27H32N4O4S2/c1-6-12-31-22(14-35-20-9-7-8-17(3)18(20)4)29-30-27(31)36-15-23(32)28-25-24(26(33)34-5)19-11-10-16(2)13-21(19)37-25/h6-9,16H,1,10-15H2,2-5H3,(H,28,32). The van der Waals surface area contributed by atoms with Crippen LogP contribution in [-0.2, 0) is 35.5 Å². The fourth-order valence-corrected chi connectivity index (χ4v) is 6.50. The number of anilines is 1. The monoisotopic (exact) mass is 540 g/mol. The highest BCUT2D eigenvalue weighted by Gasteiger charge is 2.29. The number of nitrogens with zero attached hydrogens (tertiary/aromatic N) is 3. The van der Waals surface area contributed by atoms with Gasteiger partial charge in [0.15, 0.2) is 11.0 Å². The molecule has 1 unspecified atom stereocenters. The molecule has 1 aliphatic carbocycles. The van der Waals surface area contributed by atoms with Gasteiger partial charge in [-0.15, -0.1) is 28.1 Å². The number of nitrogens with one attached hydrogen (secondary N) is 1. The topological polar surface area (TPSA) is 95.3 Å². The van der Waals surface area contributed by atoms with Gasteiger partial charge in [0.2, 0.25) is 5.91 Å². The second-order valence-electron chi connectivity index (χ2n) is 9.17. The summed E-state index contributed by atoms with van der Waals surface area (Å²) in [7, 11) is 1.37. The van der Waals surface area contributed by atoms with Crippen molar-refractivity contribution in [3.63, 3.8) is 0 Å². The summed E-state index contributed by atoms with van der Waals surface area (Å²) in [5, 5.41) is 12.7. The number of ether oxygens (including phenoxy) is 2. The number of hydrogen-bond donors (Lipinski definition) is 1. The van der Waals surface area contributed by atoms with E-state index in [0.717, 1.165) is 46.6 Å². The number of thiophene rings is 1. The van der Waals surface area contributed by atoms with Crippen molar-refractivity contribution in [2.75, 3.05) is 18.2 Å². The minimum atomic E-state index is -0.408. The molecular weight excluding hydrogens is 508 g/mol. The van der Waals surface area contributed by atoms with Crippen molar-refractivity contribution in [3.8, 4) is 5.75 Å². The number of esters is 1. The summed E-state index contributed by atoms with van der Waals surface area (Å²) >= 11 is 2.76. The molecule has 0 saturated heterocycles. The summed E-state index contributed by atoms with van der Waals surface area (Å²) in [5.74, 6) is 1.50. The Kier molecular flexibility index (Phi) is 8.71. The number of hydrogen-bond acceptors (Lipinski definition) is 8. The normalized spacial score (nSPS) is 14.6. The smallest absolute Gasteiger partial charge is 0.341 e. The average Bonchev–Trinajstić information content (AvgIpc) is 3.43. The molecule has 8 nitrogen and oxygen atoms in total. The number of rotatable bonds is 10. The first-order valence-corrected chi connectivity index (χ1v) is 14.0. The minimum Gasteiger partial charge on any atom is -0.485 e. The van der Waals surface area contributed by atoms with E-state index in [9.17, 15) is 9.59 Å². The van der Waals surface area contributed by atoms with Crippen LogP contribution in [0, 0.1) is 19.8 Å². The maximum absolute atomic E-state index is 12.9. The van der Waals surface area contributed by atoms with Crippen LogP contribution in [0.4, 0.5) is 5.00 Å². The number of allylic oxidation sites excluding steroid dienone is 1. The van der Waals surface area contributed by atoms with Crippen molar-refractivity contribution >= 4 is 40.0 Å². The number of aryl methyl sites for hydroxylation is 1. The van der Waals surface area contributed by atoms with Crippen LogP contribution in [0.1, 0.15) is 51.1 Å². The number of amides is 1. The summed E-state index contributed by atoms with van der Waals surface area (Å²) in [4.78, 5) is 26.6. The lowest BCUT2D eigenvalue weighted by atomic mass is 9.88. The fourth-order valence-electron chi connectivity index (χ4n) is 4.32. The van der Waals surface area contributed by atoms with Crippen LogP contribution in [0.3, 0.4) is 0 Å². The first-order chi connectivity index (χ1) is 17.8. The molecule has 4 rings (SSSR count). The summed E-state index contributed by atoms with van der Waals surface area (Å²) in [6, 6.07) is 5.94. The van der Waals surface area contributed by atoms with E-state index in [2.05, 4.69) is 29.0 Å². The van der Waals surface area contributed by atoms with E-state index in [1.807, 2.05) is 36.6 Å². The lowest BCUT2D eigenvalue weighted by Crippen LogP contribution is -2.17. The Labute approximate surface area is 225 Å². The zero-order chi connectivity index (χ0) is 26.5. The van der Waals surface area contributed by atoms with Crippen molar-refractivity contribution in [1.29, 1.82) is 0 Å². The van der Waals surface area contributed by atoms with Crippen molar-refractivity contribution in [2.24, 2.45) is 5.92 Å². The van der Waals surface area contributed by atoms with Crippen LogP contribution in [0.15, 0.2) is 36.0 Å². The van der Waals surface area contributed by atoms with Crippen molar-refractivity contribution in [1.82, 2.24) is 14.8 Å². The van der Waals surface area contributed by atoms with Gasteiger partial charge in [-0.3, -0.25) is 9.36 Å². The molecule has 0 bridgehead atoms. The van der Waals surface area contributed by atoms with Gasteiger partial charge in [-0.05, 0) is 61.8 Å². The highest BCUT2D eigenvalue weighted by Crippen LogP contribution is 2.40. The first-order valence-electron chi connectivity index (χ1n) is 12.2. The van der Waals surface area contributed by atoms with E-state index < -0.39 is 5.97 Å². The molecule has 1 aromatic carbocycles. The van der Waals surface area contributed by atoms with Gasteiger partial charge in [0.05, 0.1) is 18.4 Å². The third-order valence-electron chi connectivity index (χ3n) is 6.50. The molecule has 1 atom stereocenters. The summed E-state index contributed by atoms with van der Waals surface area (Å²) in [6.07, 6.45) is 4.51. The molecule has 10 heteroatoms. The Morgan fingerprint density at radius 3 is 2.89 bits per heavy atom. The quantitative estimate of drug-likeness (QED) is 0.210. The van der Waals surface area contributed by atoms with Crippen LogP contribution in [-0.4, -0.2) is 39.5 Å². The van der Waals surface area contributed by atoms with Gasteiger partial charge < -0.3 is 14.8 Å². The van der Waals surface area contributed by atoms with Gasteiger partial charge in [0.1, 0.15) is 17.4 Å². The number of benzene rings is 1. The third kappa shape index (κ3) is 6.07. The van der Waals surface area contributed by atoms with Crippen molar-refractivity contribution in [3.05, 3.63) is 63.8 Å². The second-order valence-corrected chi connectivity index (χ2v) is 11.2. The van der Waals surface area contributed by atoms with E-state index >= 15 is 0 Å². The summed E-state index contributed by atoms with van der Waals surface area (Å²) in [5.41, 5.74) is 3.74. The molecule has 37 heavy (non-hydrogen) atoms. The molecule has 0 fully saturated rings. The van der Waals surface area contributed by atoms with E-state index in [0.29, 0.717) is 34.0 Å². The Balaban J connectivity index is 1.44. The molecule has 0 radical (unpaired) electrons. The van der Waals surface area contributed by atoms with E-state index in [-0.39, 0.29) is 18.3 Å². The molecule has 196 valence electrons. The zero-order valence-electron chi connectivity index (χ0n) is 21.6. The largest absolute Gasteiger partial charge is 0.485 e. The number of fused-ring (bicyclic) bond motifs is 1. The van der Waals surface area contributed by atoms with Crippen molar-refractivity contribution in [2.45, 2.75) is 58.3 Å². The van der Waals surface area contributed by atoms with Gasteiger partial charge in [-0.25, -0.2) is 4.79 Å². The fraction of sp³-hybridized carbons (Fsp3) is 0.407. The number of carbonyl (C=O) groups excluding carboxylic acids is 2. The number of carbonyl (C=O) groups is 2. The lowest BCUT2D eigenvalue weighted by molar-refractivity contribution is -0.113. The average molecular weight is 541 g/mol. The Morgan fingerprint density at radius 2 is 2.14 bits per heavy atom. The molecule has 1 N–H and O–H groups in total. The Hall–Kier alpha value is -3.11. The minimum absolute atomic E-state index is 0.118. The van der Waals surface area contributed by atoms with Gasteiger partial charge in [0, 0.05) is 11.4 Å². The molecular formula is C27H32N4O4S2. The van der Waals surface area contributed by atoms with Gasteiger partial charge >= 0.3 is 5.97 Å². The third-order valence-corrected chi connectivity index (χ3v) is 8.64. The van der Waals surface area contributed by atoms with Crippen LogP contribution < -0.4 is 10.1 Å². The predicted octanol–water partition coefficient (Wildman–Crippen LogP) is 5.36. The Morgan fingerprint density at radius 1 is 1.32 bits per heavy atom. The van der Waals surface area contributed by atoms with E-state index in [1.165, 1.54) is 30.2 Å². The second kappa shape index (κ2) is 12.0. The Bertz CT molecular complexity index is 1310. The zero-order valence-corrected chi connectivity index (χ0v) is 23.3. The maximum Gasteiger partial charge on any atom is 0.341 e. The molecule has 3 aromatic rings. The van der Waals surface area contributed by atoms with E-state index in [1.54, 1.807) is 6.08 Å². The molecule has 2 aromatic heterocycles. The lowest BCUT2D eigenvalue weighted by Gasteiger charge is -2.18. The van der Waals surface area contributed by atoms with Gasteiger partial charge in [-0.2, -0.15) is 0 Å². The first kappa shape index (κ1) is 26.9.